The summed E-state index contributed by atoms with van der Waals surface area (Å²) >= 11 is 0. The molecule has 1 saturated heterocycles. The SMILES string of the molecule is Cc1ccc(NC(=O)C2CCCN(C(=O)c3cccc(C(F)(F)F)c3)C2)cc1. The van der Waals surface area contributed by atoms with Gasteiger partial charge < -0.3 is 10.2 Å². The molecule has 7 heteroatoms. The fraction of sp³-hybridized carbons (Fsp3) is 0.333. The summed E-state index contributed by atoms with van der Waals surface area (Å²) in [6, 6.07) is 11.8. The first-order valence-corrected chi connectivity index (χ1v) is 9.08. The molecule has 2 amide bonds. The number of aryl methyl sites for hydroxylation is 1. The first kappa shape index (κ1) is 19.9. The summed E-state index contributed by atoms with van der Waals surface area (Å²) in [5.74, 6) is -1.07. The monoisotopic (exact) mass is 390 g/mol. The average Bonchev–Trinajstić information content (AvgIpc) is 2.68. The summed E-state index contributed by atoms with van der Waals surface area (Å²) < 4.78 is 38.7. The number of benzene rings is 2. The number of nitrogens with one attached hydrogen (secondary N) is 1. The molecule has 0 aromatic heterocycles. The molecule has 0 bridgehead atoms. The predicted molar refractivity (Wildman–Crippen MR) is 99.9 cm³/mol. The topological polar surface area (TPSA) is 49.4 Å². The molecule has 1 fully saturated rings. The van der Waals surface area contributed by atoms with Gasteiger partial charge in [0.15, 0.2) is 0 Å². The second kappa shape index (κ2) is 8.04. The van der Waals surface area contributed by atoms with Gasteiger partial charge >= 0.3 is 6.18 Å². The highest BCUT2D eigenvalue weighted by Crippen LogP contribution is 2.30. The van der Waals surface area contributed by atoms with E-state index in [9.17, 15) is 22.8 Å². The Balaban J connectivity index is 1.68. The zero-order valence-electron chi connectivity index (χ0n) is 15.4. The summed E-state index contributed by atoms with van der Waals surface area (Å²) in [4.78, 5) is 26.7. The van der Waals surface area contributed by atoms with E-state index in [2.05, 4.69) is 5.32 Å². The highest BCUT2D eigenvalue weighted by atomic mass is 19.4. The average molecular weight is 390 g/mol. The number of likely N-dealkylation sites (tertiary alicyclic amines) is 1. The zero-order valence-corrected chi connectivity index (χ0v) is 15.4. The van der Waals surface area contributed by atoms with E-state index in [-0.39, 0.29) is 18.0 Å². The van der Waals surface area contributed by atoms with E-state index < -0.39 is 23.6 Å². The van der Waals surface area contributed by atoms with Gasteiger partial charge in [-0.05, 0) is 50.1 Å². The van der Waals surface area contributed by atoms with Gasteiger partial charge in [-0.25, -0.2) is 0 Å². The quantitative estimate of drug-likeness (QED) is 0.839. The number of nitrogens with zero attached hydrogens (tertiary/aromatic N) is 1. The van der Waals surface area contributed by atoms with Crippen molar-refractivity contribution in [2.75, 3.05) is 18.4 Å². The maximum Gasteiger partial charge on any atom is 0.416 e. The molecule has 0 radical (unpaired) electrons. The smallest absolute Gasteiger partial charge is 0.338 e. The van der Waals surface area contributed by atoms with Gasteiger partial charge in [0.05, 0.1) is 11.5 Å². The van der Waals surface area contributed by atoms with Crippen molar-refractivity contribution in [2.45, 2.75) is 25.9 Å². The van der Waals surface area contributed by atoms with E-state index in [4.69, 9.17) is 0 Å². The van der Waals surface area contributed by atoms with E-state index in [1.807, 2.05) is 31.2 Å². The molecule has 3 rings (SSSR count). The lowest BCUT2D eigenvalue weighted by atomic mass is 9.96. The third-order valence-electron chi connectivity index (χ3n) is 4.84. The van der Waals surface area contributed by atoms with Crippen molar-refractivity contribution in [1.29, 1.82) is 0 Å². The van der Waals surface area contributed by atoms with Gasteiger partial charge in [0.25, 0.3) is 5.91 Å². The van der Waals surface area contributed by atoms with Crippen molar-refractivity contribution >= 4 is 17.5 Å². The molecule has 1 aliphatic heterocycles. The molecule has 0 aliphatic carbocycles. The number of hydrogen-bond donors (Lipinski definition) is 1. The van der Waals surface area contributed by atoms with E-state index in [0.717, 1.165) is 17.7 Å². The molecule has 1 aliphatic rings. The molecule has 2 aromatic carbocycles. The Labute approximate surface area is 161 Å². The van der Waals surface area contributed by atoms with E-state index in [0.29, 0.717) is 25.1 Å². The van der Waals surface area contributed by atoms with Crippen molar-refractivity contribution in [3.63, 3.8) is 0 Å². The minimum atomic E-state index is -4.51. The summed E-state index contributed by atoms with van der Waals surface area (Å²) in [6.45, 7) is 2.56. The fourth-order valence-electron chi connectivity index (χ4n) is 3.27. The second-order valence-electron chi connectivity index (χ2n) is 7.02. The first-order chi connectivity index (χ1) is 13.2. The van der Waals surface area contributed by atoms with E-state index in [1.54, 1.807) is 0 Å². The number of alkyl halides is 3. The van der Waals surface area contributed by atoms with Gasteiger partial charge in [0, 0.05) is 24.3 Å². The number of piperidine rings is 1. The molecule has 1 unspecified atom stereocenters. The molecule has 148 valence electrons. The van der Waals surface area contributed by atoms with Gasteiger partial charge in [-0.15, -0.1) is 0 Å². The van der Waals surface area contributed by atoms with Crippen molar-refractivity contribution in [2.24, 2.45) is 5.92 Å². The Bertz CT molecular complexity index is 863. The van der Waals surface area contributed by atoms with Gasteiger partial charge in [-0.1, -0.05) is 23.8 Å². The number of rotatable bonds is 3. The van der Waals surface area contributed by atoms with Crippen LogP contribution in [0.3, 0.4) is 0 Å². The van der Waals surface area contributed by atoms with Crippen molar-refractivity contribution in [3.05, 3.63) is 65.2 Å². The van der Waals surface area contributed by atoms with Crippen LogP contribution in [0.1, 0.15) is 34.3 Å². The summed E-state index contributed by atoms with van der Waals surface area (Å²) in [5, 5.41) is 2.84. The Hall–Kier alpha value is -2.83. The van der Waals surface area contributed by atoms with Crippen LogP contribution in [0.5, 0.6) is 0 Å². The number of anilines is 1. The summed E-state index contributed by atoms with van der Waals surface area (Å²) in [7, 11) is 0. The maximum atomic E-state index is 12.9. The van der Waals surface area contributed by atoms with Crippen LogP contribution in [0.4, 0.5) is 18.9 Å². The fourth-order valence-corrected chi connectivity index (χ4v) is 3.27. The van der Waals surface area contributed by atoms with Crippen LogP contribution >= 0.6 is 0 Å². The molecule has 0 saturated carbocycles. The lowest BCUT2D eigenvalue weighted by Crippen LogP contribution is -2.43. The number of amides is 2. The zero-order chi connectivity index (χ0) is 20.3. The minimum Gasteiger partial charge on any atom is -0.338 e. The molecule has 28 heavy (non-hydrogen) atoms. The van der Waals surface area contributed by atoms with Crippen molar-refractivity contribution in [1.82, 2.24) is 4.90 Å². The van der Waals surface area contributed by atoms with E-state index in [1.165, 1.54) is 17.0 Å². The molecule has 0 spiro atoms. The standard InChI is InChI=1S/C21H21F3N2O2/c1-14-7-9-18(10-8-14)25-19(27)16-5-3-11-26(13-16)20(28)15-4-2-6-17(12-15)21(22,23)24/h2,4,6-10,12,16H,3,5,11,13H2,1H3,(H,25,27). The minimum absolute atomic E-state index is 0.0191. The van der Waals surface area contributed by atoms with Crippen molar-refractivity contribution < 1.29 is 22.8 Å². The maximum absolute atomic E-state index is 12.9. The molecule has 1 heterocycles. The van der Waals surface area contributed by atoms with Crippen LogP contribution in [0.15, 0.2) is 48.5 Å². The largest absolute Gasteiger partial charge is 0.416 e. The van der Waals surface area contributed by atoms with Gasteiger partial charge in [-0.2, -0.15) is 13.2 Å². The van der Waals surface area contributed by atoms with Crippen LogP contribution in [0.2, 0.25) is 0 Å². The van der Waals surface area contributed by atoms with Crippen molar-refractivity contribution in [3.8, 4) is 0 Å². The number of halogens is 3. The molecule has 2 aromatic rings. The third-order valence-corrected chi connectivity index (χ3v) is 4.84. The van der Waals surface area contributed by atoms with Crippen LogP contribution < -0.4 is 5.32 Å². The summed E-state index contributed by atoms with van der Waals surface area (Å²) in [5.41, 5.74) is 0.879. The molecule has 4 nitrogen and oxygen atoms in total. The second-order valence-corrected chi connectivity index (χ2v) is 7.02. The lowest BCUT2D eigenvalue weighted by Gasteiger charge is -2.32. The Morgan fingerprint density at radius 3 is 2.50 bits per heavy atom. The molecule has 1 N–H and O–H groups in total. The van der Waals surface area contributed by atoms with Crippen LogP contribution in [-0.4, -0.2) is 29.8 Å². The van der Waals surface area contributed by atoms with Gasteiger partial charge in [-0.3, -0.25) is 9.59 Å². The van der Waals surface area contributed by atoms with Crippen LogP contribution in [-0.2, 0) is 11.0 Å². The van der Waals surface area contributed by atoms with Crippen LogP contribution in [0, 0.1) is 12.8 Å². The lowest BCUT2D eigenvalue weighted by molar-refractivity contribution is -0.137. The van der Waals surface area contributed by atoms with Gasteiger partial charge in [0.2, 0.25) is 5.91 Å². The Kier molecular flexibility index (Phi) is 5.72. The number of hydrogen-bond acceptors (Lipinski definition) is 2. The number of carbonyl (C=O) groups excluding carboxylic acids is 2. The van der Waals surface area contributed by atoms with Crippen LogP contribution in [0.25, 0.3) is 0 Å². The van der Waals surface area contributed by atoms with E-state index >= 15 is 0 Å². The molecular formula is C21H21F3N2O2. The third kappa shape index (κ3) is 4.71. The number of carbonyl (C=O) groups is 2. The first-order valence-electron chi connectivity index (χ1n) is 9.08. The summed E-state index contributed by atoms with van der Waals surface area (Å²) in [6.07, 6.45) is -3.25. The highest BCUT2D eigenvalue weighted by Gasteiger charge is 2.33. The van der Waals surface area contributed by atoms with Gasteiger partial charge in [0.1, 0.15) is 0 Å². The molecular weight excluding hydrogens is 369 g/mol. The Morgan fingerprint density at radius 2 is 1.82 bits per heavy atom. The highest BCUT2D eigenvalue weighted by molar-refractivity contribution is 5.96. The Morgan fingerprint density at radius 1 is 1.11 bits per heavy atom. The normalized spacial score (nSPS) is 17.3. The molecule has 1 atom stereocenters. The predicted octanol–water partition coefficient (Wildman–Crippen LogP) is 4.50.